The number of nitrogens with two attached hydrogens (primary N) is 1. The third kappa shape index (κ3) is 1.26. The molecule has 0 saturated carbocycles. The number of ether oxygens (including phenoxy) is 1. The van der Waals surface area contributed by atoms with Gasteiger partial charge < -0.3 is 15.0 Å². The fourth-order valence-electron chi connectivity index (χ4n) is 2.03. The molecule has 1 aliphatic rings. The van der Waals surface area contributed by atoms with Crippen LogP contribution in [0.25, 0.3) is 0 Å². The van der Waals surface area contributed by atoms with Gasteiger partial charge in [-0.05, 0) is 11.1 Å². The van der Waals surface area contributed by atoms with Crippen molar-refractivity contribution in [3.8, 4) is 0 Å². The standard InChI is InChI=1S/C11H11N3O2/c12-11(10-13-7-16-14-10)6-15-5-8-3-1-2-4-9(8)11/h1-4,7H,5-6,12H2. The summed E-state index contributed by atoms with van der Waals surface area (Å²) in [6.07, 6.45) is 1.28. The van der Waals surface area contributed by atoms with Gasteiger partial charge in [-0.3, -0.25) is 0 Å². The number of fused-ring (bicyclic) bond motifs is 1. The van der Waals surface area contributed by atoms with Crippen LogP contribution < -0.4 is 5.73 Å². The van der Waals surface area contributed by atoms with Gasteiger partial charge in [0.05, 0.1) is 13.2 Å². The molecule has 2 N–H and O–H groups in total. The SMILES string of the molecule is NC1(c2ncon2)COCc2ccccc21. The molecule has 0 amide bonds. The third-order valence-corrected chi connectivity index (χ3v) is 2.85. The summed E-state index contributed by atoms with van der Waals surface area (Å²) in [5.74, 6) is 0.458. The van der Waals surface area contributed by atoms with Crippen LogP contribution in [0.3, 0.4) is 0 Å². The Kier molecular flexibility index (Phi) is 2.02. The van der Waals surface area contributed by atoms with E-state index in [2.05, 4.69) is 10.1 Å². The van der Waals surface area contributed by atoms with E-state index in [1.54, 1.807) is 0 Å². The summed E-state index contributed by atoms with van der Waals surface area (Å²) in [6, 6.07) is 7.89. The monoisotopic (exact) mass is 217 g/mol. The maximum absolute atomic E-state index is 6.33. The van der Waals surface area contributed by atoms with Crippen LogP contribution in [-0.2, 0) is 16.9 Å². The highest BCUT2D eigenvalue weighted by atomic mass is 16.5. The lowest BCUT2D eigenvalue weighted by Crippen LogP contribution is -2.46. The van der Waals surface area contributed by atoms with E-state index in [1.165, 1.54) is 6.39 Å². The molecule has 1 aromatic heterocycles. The fourth-order valence-corrected chi connectivity index (χ4v) is 2.03. The molecule has 5 heteroatoms. The molecule has 1 atom stereocenters. The van der Waals surface area contributed by atoms with Crippen molar-refractivity contribution in [1.29, 1.82) is 0 Å². The average molecular weight is 217 g/mol. The van der Waals surface area contributed by atoms with Gasteiger partial charge in [0.25, 0.3) is 0 Å². The molecule has 0 saturated heterocycles. The fraction of sp³-hybridized carbons (Fsp3) is 0.273. The van der Waals surface area contributed by atoms with Crippen LogP contribution >= 0.6 is 0 Å². The van der Waals surface area contributed by atoms with Crippen molar-refractivity contribution in [1.82, 2.24) is 10.1 Å². The highest BCUT2D eigenvalue weighted by Crippen LogP contribution is 2.31. The molecular formula is C11H11N3O2. The zero-order chi connectivity index (χ0) is 11.0. The lowest BCUT2D eigenvalue weighted by molar-refractivity contribution is 0.0635. The van der Waals surface area contributed by atoms with Crippen molar-refractivity contribution >= 4 is 0 Å². The lowest BCUT2D eigenvalue weighted by atomic mass is 9.86. The molecule has 3 rings (SSSR count). The summed E-state index contributed by atoms with van der Waals surface area (Å²) in [5, 5.41) is 3.82. The zero-order valence-electron chi connectivity index (χ0n) is 8.59. The van der Waals surface area contributed by atoms with Gasteiger partial charge in [-0.25, -0.2) is 0 Å². The summed E-state index contributed by atoms with van der Waals surface area (Å²) in [7, 11) is 0. The van der Waals surface area contributed by atoms with Gasteiger partial charge in [-0.2, -0.15) is 4.98 Å². The number of benzene rings is 1. The minimum absolute atomic E-state index is 0.365. The Balaban J connectivity index is 2.17. The van der Waals surface area contributed by atoms with Crippen LogP contribution in [0, 0.1) is 0 Å². The van der Waals surface area contributed by atoms with E-state index in [4.69, 9.17) is 15.0 Å². The Hall–Kier alpha value is -1.72. The quantitative estimate of drug-likeness (QED) is 0.764. The summed E-state index contributed by atoms with van der Waals surface area (Å²) < 4.78 is 10.2. The van der Waals surface area contributed by atoms with Crippen LogP contribution in [0.2, 0.25) is 0 Å². The topological polar surface area (TPSA) is 74.2 Å². The lowest BCUT2D eigenvalue weighted by Gasteiger charge is -2.32. The molecule has 2 aromatic rings. The second-order valence-corrected chi connectivity index (χ2v) is 3.88. The van der Waals surface area contributed by atoms with Crippen molar-refractivity contribution in [3.05, 3.63) is 47.6 Å². The first-order chi connectivity index (χ1) is 7.81. The molecule has 0 radical (unpaired) electrons. The minimum atomic E-state index is -0.804. The maximum atomic E-state index is 6.33. The molecule has 1 aliphatic heterocycles. The first-order valence-electron chi connectivity index (χ1n) is 5.02. The molecule has 5 nitrogen and oxygen atoms in total. The Labute approximate surface area is 92.2 Å². The Morgan fingerprint density at radius 3 is 3.00 bits per heavy atom. The van der Waals surface area contributed by atoms with E-state index in [9.17, 15) is 0 Å². The van der Waals surface area contributed by atoms with E-state index in [0.29, 0.717) is 19.0 Å². The number of aromatic nitrogens is 2. The Morgan fingerprint density at radius 2 is 2.19 bits per heavy atom. The van der Waals surface area contributed by atoms with E-state index >= 15 is 0 Å². The molecule has 1 unspecified atom stereocenters. The predicted molar refractivity (Wildman–Crippen MR) is 55.4 cm³/mol. The zero-order valence-corrected chi connectivity index (χ0v) is 8.59. The van der Waals surface area contributed by atoms with Crippen LogP contribution in [0.1, 0.15) is 17.0 Å². The van der Waals surface area contributed by atoms with Crippen molar-refractivity contribution in [2.45, 2.75) is 12.1 Å². The number of hydrogen-bond acceptors (Lipinski definition) is 5. The summed E-state index contributed by atoms with van der Waals surface area (Å²) >= 11 is 0. The first-order valence-corrected chi connectivity index (χ1v) is 5.02. The second-order valence-electron chi connectivity index (χ2n) is 3.88. The van der Waals surface area contributed by atoms with Crippen LogP contribution in [0.15, 0.2) is 35.2 Å². The number of hydrogen-bond donors (Lipinski definition) is 1. The molecule has 0 bridgehead atoms. The number of nitrogens with zero attached hydrogens (tertiary/aromatic N) is 2. The predicted octanol–water partition coefficient (Wildman–Crippen LogP) is 0.802. The van der Waals surface area contributed by atoms with Crippen molar-refractivity contribution in [3.63, 3.8) is 0 Å². The van der Waals surface area contributed by atoms with Crippen LogP contribution in [-0.4, -0.2) is 16.7 Å². The van der Waals surface area contributed by atoms with Gasteiger partial charge in [0.2, 0.25) is 6.39 Å². The minimum Gasteiger partial charge on any atom is -0.374 e. The highest BCUT2D eigenvalue weighted by molar-refractivity contribution is 5.39. The summed E-state index contributed by atoms with van der Waals surface area (Å²) in [4.78, 5) is 4.03. The van der Waals surface area contributed by atoms with Gasteiger partial charge in [0.15, 0.2) is 5.82 Å². The molecule has 0 spiro atoms. The van der Waals surface area contributed by atoms with E-state index in [1.807, 2.05) is 24.3 Å². The highest BCUT2D eigenvalue weighted by Gasteiger charge is 2.38. The third-order valence-electron chi connectivity index (χ3n) is 2.85. The van der Waals surface area contributed by atoms with E-state index < -0.39 is 5.54 Å². The largest absolute Gasteiger partial charge is 0.374 e. The number of rotatable bonds is 1. The maximum Gasteiger partial charge on any atom is 0.213 e. The van der Waals surface area contributed by atoms with Gasteiger partial charge in [-0.15, -0.1) is 0 Å². The smallest absolute Gasteiger partial charge is 0.213 e. The molecule has 1 aromatic carbocycles. The molecular weight excluding hydrogens is 206 g/mol. The normalized spacial score (nSPS) is 24.1. The van der Waals surface area contributed by atoms with Crippen LogP contribution in [0.5, 0.6) is 0 Å². The summed E-state index contributed by atoms with van der Waals surface area (Å²) in [5.41, 5.74) is 7.60. The molecule has 82 valence electrons. The van der Waals surface area contributed by atoms with Gasteiger partial charge in [0, 0.05) is 0 Å². The average Bonchev–Trinajstić information content (AvgIpc) is 2.84. The van der Waals surface area contributed by atoms with Crippen molar-refractivity contribution in [2.24, 2.45) is 5.73 Å². The van der Waals surface area contributed by atoms with Gasteiger partial charge in [0.1, 0.15) is 5.54 Å². The van der Waals surface area contributed by atoms with Gasteiger partial charge >= 0.3 is 0 Å². The Morgan fingerprint density at radius 1 is 1.31 bits per heavy atom. The molecule has 0 aliphatic carbocycles. The van der Waals surface area contributed by atoms with Crippen molar-refractivity contribution in [2.75, 3.05) is 6.61 Å². The molecule has 0 fully saturated rings. The summed E-state index contributed by atoms with van der Waals surface area (Å²) in [6.45, 7) is 0.941. The van der Waals surface area contributed by atoms with E-state index in [-0.39, 0.29) is 0 Å². The van der Waals surface area contributed by atoms with Crippen molar-refractivity contribution < 1.29 is 9.26 Å². The van der Waals surface area contributed by atoms with E-state index in [0.717, 1.165) is 11.1 Å². The van der Waals surface area contributed by atoms with Gasteiger partial charge in [-0.1, -0.05) is 29.4 Å². The molecule has 2 heterocycles. The second kappa shape index (κ2) is 3.40. The molecule has 16 heavy (non-hydrogen) atoms. The first kappa shape index (κ1) is 9.50. The Bertz CT molecular complexity index is 498. The van der Waals surface area contributed by atoms with Crippen LogP contribution in [0.4, 0.5) is 0 Å².